The van der Waals surface area contributed by atoms with Gasteiger partial charge < -0.3 is 18.9 Å². The van der Waals surface area contributed by atoms with Crippen molar-refractivity contribution in [2.24, 2.45) is 0 Å². The molecule has 1 aromatic rings. The summed E-state index contributed by atoms with van der Waals surface area (Å²) in [6.07, 6.45) is 0.152. The molecule has 0 saturated carbocycles. The Morgan fingerprint density at radius 2 is 2.16 bits per heavy atom. The van der Waals surface area contributed by atoms with Crippen LogP contribution in [0.25, 0.3) is 0 Å². The van der Waals surface area contributed by atoms with Crippen LogP contribution in [0.15, 0.2) is 10.6 Å². The molecule has 7 nitrogen and oxygen atoms in total. The van der Waals surface area contributed by atoms with Crippen LogP contribution in [-0.4, -0.2) is 49.2 Å². The van der Waals surface area contributed by atoms with E-state index in [1.165, 1.54) is 25.2 Å². The van der Waals surface area contributed by atoms with Gasteiger partial charge in [-0.25, -0.2) is 0 Å². The van der Waals surface area contributed by atoms with Gasteiger partial charge in [-0.15, -0.1) is 0 Å². The first-order valence-corrected chi connectivity index (χ1v) is 5.93. The molecule has 0 spiro atoms. The number of rotatable bonds is 7. The van der Waals surface area contributed by atoms with E-state index in [0.717, 1.165) is 0 Å². The van der Waals surface area contributed by atoms with Gasteiger partial charge >= 0.3 is 5.97 Å². The van der Waals surface area contributed by atoms with Crippen LogP contribution in [0.4, 0.5) is 0 Å². The fraction of sp³-hybridized carbons (Fsp3) is 0.583. The Bertz CT molecular complexity index is 430. The standard InChI is InChI=1S/C12H18N2O5/c1-4-14(6-5-11(15)18-3)12(16)10-7-9(8-17-2)19-13-10/h7H,4-6,8H2,1-3H3. The predicted molar refractivity (Wildman–Crippen MR) is 65.4 cm³/mol. The molecule has 106 valence electrons. The van der Waals surface area contributed by atoms with Crippen molar-refractivity contribution in [1.82, 2.24) is 10.1 Å². The van der Waals surface area contributed by atoms with Crippen molar-refractivity contribution < 1.29 is 23.6 Å². The van der Waals surface area contributed by atoms with Crippen LogP contribution in [0, 0.1) is 0 Å². The predicted octanol–water partition coefficient (Wildman–Crippen LogP) is 0.846. The van der Waals surface area contributed by atoms with Crippen molar-refractivity contribution in [2.45, 2.75) is 20.0 Å². The lowest BCUT2D eigenvalue weighted by molar-refractivity contribution is -0.140. The Kier molecular flexibility index (Phi) is 6.01. The normalized spacial score (nSPS) is 10.3. The molecule has 0 aliphatic heterocycles. The Hall–Kier alpha value is -1.89. The van der Waals surface area contributed by atoms with Gasteiger partial charge in [0.25, 0.3) is 5.91 Å². The maximum Gasteiger partial charge on any atom is 0.307 e. The number of carbonyl (C=O) groups is 2. The summed E-state index contributed by atoms with van der Waals surface area (Å²) < 4.78 is 14.4. The van der Waals surface area contributed by atoms with E-state index >= 15 is 0 Å². The van der Waals surface area contributed by atoms with Crippen LogP contribution in [0.1, 0.15) is 29.6 Å². The van der Waals surface area contributed by atoms with E-state index in [-0.39, 0.29) is 37.1 Å². The van der Waals surface area contributed by atoms with Gasteiger partial charge in [0, 0.05) is 26.3 Å². The molecule has 1 amide bonds. The van der Waals surface area contributed by atoms with E-state index in [1.54, 1.807) is 0 Å². The zero-order valence-electron chi connectivity index (χ0n) is 11.3. The summed E-state index contributed by atoms with van der Waals surface area (Å²) in [6.45, 7) is 2.84. The van der Waals surface area contributed by atoms with E-state index in [9.17, 15) is 9.59 Å². The van der Waals surface area contributed by atoms with Crippen LogP contribution in [-0.2, 0) is 20.9 Å². The molecule has 0 aromatic carbocycles. The number of nitrogens with zero attached hydrogens (tertiary/aromatic N) is 2. The number of amides is 1. The quantitative estimate of drug-likeness (QED) is 0.683. The summed E-state index contributed by atoms with van der Waals surface area (Å²) in [5, 5.41) is 3.69. The number of hydrogen-bond donors (Lipinski definition) is 0. The minimum atomic E-state index is -0.355. The lowest BCUT2D eigenvalue weighted by atomic mass is 10.3. The third-order valence-electron chi connectivity index (χ3n) is 2.55. The van der Waals surface area contributed by atoms with Crippen molar-refractivity contribution in [1.29, 1.82) is 0 Å². The number of carbonyl (C=O) groups excluding carboxylic acids is 2. The average molecular weight is 270 g/mol. The van der Waals surface area contributed by atoms with Crippen LogP contribution in [0.3, 0.4) is 0 Å². The molecule has 7 heteroatoms. The highest BCUT2D eigenvalue weighted by molar-refractivity contribution is 5.92. The molecule has 0 N–H and O–H groups in total. The molecule has 0 saturated heterocycles. The van der Waals surface area contributed by atoms with Crippen LogP contribution in [0.5, 0.6) is 0 Å². The molecule has 0 aliphatic carbocycles. The number of esters is 1. The highest BCUT2D eigenvalue weighted by Crippen LogP contribution is 2.08. The number of methoxy groups -OCH3 is 2. The molecule has 19 heavy (non-hydrogen) atoms. The largest absolute Gasteiger partial charge is 0.469 e. The molecule has 0 fully saturated rings. The summed E-state index contributed by atoms with van der Waals surface area (Å²) in [5.41, 5.74) is 0.207. The molecule has 0 unspecified atom stereocenters. The van der Waals surface area contributed by atoms with Crippen LogP contribution >= 0.6 is 0 Å². The van der Waals surface area contributed by atoms with Crippen LogP contribution in [0.2, 0.25) is 0 Å². The Morgan fingerprint density at radius 1 is 1.42 bits per heavy atom. The lowest BCUT2D eigenvalue weighted by Crippen LogP contribution is -2.33. The Labute approximate surface area is 111 Å². The van der Waals surface area contributed by atoms with Gasteiger partial charge in [0.05, 0.1) is 13.5 Å². The summed E-state index contributed by atoms with van der Waals surface area (Å²) in [4.78, 5) is 24.7. The van der Waals surface area contributed by atoms with Gasteiger partial charge in [-0.05, 0) is 6.92 Å². The van der Waals surface area contributed by atoms with E-state index in [1.807, 2.05) is 6.92 Å². The van der Waals surface area contributed by atoms with Crippen molar-refractivity contribution >= 4 is 11.9 Å². The molecule has 1 heterocycles. The van der Waals surface area contributed by atoms with Gasteiger partial charge in [-0.1, -0.05) is 5.16 Å². The molecule has 1 aromatic heterocycles. The van der Waals surface area contributed by atoms with Crippen LogP contribution < -0.4 is 0 Å². The van der Waals surface area contributed by atoms with Gasteiger partial charge in [0.15, 0.2) is 11.5 Å². The van der Waals surface area contributed by atoms with Gasteiger partial charge in [0.1, 0.15) is 6.61 Å². The van der Waals surface area contributed by atoms with E-state index < -0.39 is 0 Å². The first-order chi connectivity index (χ1) is 9.12. The zero-order chi connectivity index (χ0) is 14.3. The molecule has 0 bridgehead atoms. The fourth-order valence-electron chi connectivity index (χ4n) is 1.52. The topological polar surface area (TPSA) is 81.9 Å². The second kappa shape index (κ2) is 7.52. The Balaban J connectivity index is 2.63. The highest BCUT2D eigenvalue weighted by atomic mass is 16.5. The van der Waals surface area contributed by atoms with Crippen molar-refractivity contribution in [2.75, 3.05) is 27.3 Å². The molecule has 1 rings (SSSR count). The molecule has 0 aliphatic rings. The number of hydrogen-bond acceptors (Lipinski definition) is 6. The molecule has 0 atom stereocenters. The fourth-order valence-corrected chi connectivity index (χ4v) is 1.52. The molecular formula is C12H18N2O5. The first kappa shape index (κ1) is 15.2. The second-order valence-corrected chi connectivity index (χ2v) is 3.82. The maximum absolute atomic E-state index is 12.1. The molecular weight excluding hydrogens is 252 g/mol. The SMILES string of the molecule is CCN(CCC(=O)OC)C(=O)c1cc(COC)on1. The minimum Gasteiger partial charge on any atom is -0.469 e. The lowest BCUT2D eigenvalue weighted by Gasteiger charge is -2.18. The van der Waals surface area contributed by atoms with E-state index in [0.29, 0.717) is 12.3 Å². The maximum atomic E-state index is 12.1. The third kappa shape index (κ3) is 4.36. The van der Waals surface area contributed by atoms with Gasteiger partial charge in [-0.3, -0.25) is 9.59 Å². The van der Waals surface area contributed by atoms with Crippen molar-refractivity contribution in [3.8, 4) is 0 Å². The summed E-state index contributed by atoms with van der Waals surface area (Å²) >= 11 is 0. The van der Waals surface area contributed by atoms with Gasteiger partial charge in [-0.2, -0.15) is 0 Å². The van der Waals surface area contributed by atoms with E-state index in [4.69, 9.17) is 9.26 Å². The van der Waals surface area contributed by atoms with Crippen molar-refractivity contribution in [3.63, 3.8) is 0 Å². The number of ether oxygens (including phenoxy) is 2. The minimum absolute atomic E-state index is 0.152. The van der Waals surface area contributed by atoms with E-state index in [2.05, 4.69) is 9.89 Å². The van der Waals surface area contributed by atoms with Crippen molar-refractivity contribution in [3.05, 3.63) is 17.5 Å². The third-order valence-corrected chi connectivity index (χ3v) is 2.55. The second-order valence-electron chi connectivity index (χ2n) is 3.82. The Morgan fingerprint density at radius 3 is 2.74 bits per heavy atom. The summed E-state index contributed by atoms with van der Waals surface area (Å²) in [5.74, 6) is -0.154. The summed E-state index contributed by atoms with van der Waals surface area (Å²) in [7, 11) is 2.84. The summed E-state index contributed by atoms with van der Waals surface area (Å²) in [6, 6.07) is 1.53. The molecule has 0 radical (unpaired) electrons. The first-order valence-electron chi connectivity index (χ1n) is 5.93. The zero-order valence-corrected chi connectivity index (χ0v) is 11.3. The number of aromatic nitrogens is 1. The highest BCUT2D eigenvalue weighted by Gasteiger charge is 2.19. The van der Waals surface area contributed by atoms with Gasteiger partial charge in [0.2, 0.25) is 0 Å². The smallest absolute Gasteiger partial charge is 0.307 e. The average Bonchev–Trinajstić information content (AvgIpc) is 2.87. The monoisotopic (exact) mass is 270 g/mol.